The summed E-state index contributed by atoms with van der Waals surface area (Å²) >= 11 is 0. The van der Waals surface area contributed by atoms with Gasteiger partial charge in [0.05, 0.1) is 7.11 Å². The van der Waals surface area contributed by atoms with Crippen molar-refractivity contribution in [2.75, 3.05) is 13.7 Å². The summed E-state index contributed by atoms with van der Waals surface area (Å²) in [7, 11) is 1.61. The molecule has 0 fully saturated rings. The molecular formula is C18H25N3O2. The molecule has 0 saturated carbocycles. The summed E-state index contributed by atoms with van der Waals surface area (Å²) in [6, 6.07) is 9.40. The average Bonchev–Trinajstić information content (AvgIpc) is 2.53. The molecule has 0 aliphatic heterocycles. The van der Waals surface area contributed by atoms with Gasteiger partial charge in [0.25, 0.3) is 5.91 Å². The first-order valence-corrected chi connectivity index (χ1v) is 7.61. The van der Waals surface area contributed by atoms with Crippen LogP contribution >= 0.6 is 0 Å². The van der Waals surface area contributed by atoms with Crippen LogP contribution in [0.2, 0.25) is 0 Å². The summed E-state index contributed by atoms with van der Waals surface area (Å²) in [5, 5.41) is 12.0. The Bertz CT molecular complexity index is 592. The van der Waals surface area contributed by atoms with E-state index in [9.17, 15) is 10.1 Å². The average molecular weight is 315 g/mol. The van der Waals surface area contributed by atoms with E-state index < -0.39 is 0 Å². The van der Waals surface area contributed by atoms with Crippen LogP contribution in [0.5, 0.6) is 5.75 Å². The fourth-order valence-corrected chi connectivity index (χ4v) is 2.07. The van der Waals surface area contributed by atoms with Gasteiger partial charge >= 0.3 is 0 Å². The highest BCUT2D eigenvalue weighted by atomic mass is 16.5. The number of carbonyl (C=O) groups is 1. The molecule has 5 heteroatoms. The van der Waals surface area contributed by atoms with Gasteiger partial charge in [0.2, 0.25) is 0 Å². The molecule has 0 unspecified atom stereocenters. The summed E-state index contributed by atoms with van der Waals surface area (Å²) in [6.07, 6.45) is 1.63. The van der Waals surface area contributed by atoms with Crippen LogP contribution in [0.3, 0.4) is 0 Å². The Hall–Kier alpha value is -2.48. The van der Waals surface area contributed by atoms with E-state index in [-0.39, 0.29) is 17.0 Å². The highest BCUT2D eigenvalue weighted by Gasteiger charge is 2.19. The van der Waals surface area contributed by atoms with Crippen LogP contribution in [-0.2, 0) is 11.3 Å². The van der Waals surface area contributed by atoms with Gasteiger partial charge in [-0.2, -0.15) is 5.26 Å². The van der Waals surface area contributed by atoms with Crippen LogP contribution in [0.25, 0.3) is 0 Å². The van der Waals surface area contributed by atoms with Crippen molar-refractivity contribution in [3.8, 4) is 11.8 Å². The predicted molar refractivity (Wildman–Crippen MR) is 90.7 cm³/mol. The van der Waals surface area contributed by atoms with Gasteiger partial charge in [0.15, 0.2) is 0 Å². The number of rotatable bonds is 6. The summed E-state index contributed by atoms with van der Waals surface area (Å²) in [5.41, 5.74) is 0.905. The first kappa shape index (κ1) is 18.6. The van der Waals surface area contributed by atoms with Gasteiger partial charge in [-0.05, 0) is 45.4 Å². The van der Waals surface area contributed by atoms with E-state index in [2.05, 4.69) is 5.32 Å². The number of ether oxygens (including phenoxy) is 1. The van der Waals surface area contributed by atoms with Crippen LogP contribution < -0.4 is 10.1 Å². The van der Waals surface area contributed by atoms with Crippen molar-refractivity contribution < 1.29 is 9.53 Å². The fraction of sp³-hybridized carbons (Fsp3) is 0.444. The normalized spacial score (nSPS) is 11.6. The van der Waals surface area contributed by atoms with Crippen LogP contribution in [0, 0.1) is 11.3 Å². The van der Waals surface area contributed by atoms with Crippen molar-refractivity contribution in [2.24, 2.45) is 0 Å². The van der Waals surface area contributed by atoms with Gasteiger partial charge < -0.3 is 15.0 Å². The lowest BCUT2D eigenvalue weighted by Crippen LogP contribution is -2.38. The minimum Gasteiger partial charge on any atom is -0.497 e. The largest absolute Gasteiger partial charge is 0.497 e. The molecule has 0 spiro atoms. The Morgan fingerprint density at radius 2 is 1.96 bits per heavy atom. The Morgan fingerprint density at radius 3 is 2.39 bits per heavy atom. The van der Waals surface area contributed by atoms with E-state index in [1.165, 1.54) is 0 Å². The quantitative estimate of drug-likeness (QED) is 0.647. The van der Waals surface area contributed by atoms with Crippen molar-refractivity contribution in [2.45, 2.75) is 39.8 Å². The molecule has 1 N–H and O–H groups in total. The Morgan fingerprint density at radius 1 is 1.35 bits per heavy atom. The van der Waals surface area contributed by atoms with Crippen molar-refractivity contribution in [1.82, 2.24) is 10.2 Å². The number of benzene rings is 1. The van der Waals surface area contributed by atoms with Gasteiger partial charge in [0, 0.05) is 24.8 Å². The molecule has 0 aromatic heterocycles. The molecule has 0 aliphatic carbocycles. The third kappa shape index (κ3) is 5.67. The van der Waals surface area contributed by atoms with Gasteiger partial charge in [-0.1, -0.05) is 12.1 Å². The molecule has 23 heavy (non-hydrogen) atoms. The van der Waals surface area contributed by atoms with Gasteiger partial charge in [-0.25, -0.2) is 0 Å². The topological polar surface area (TPSA) is 65.4 Å². The van der Waals surface area contributed by atoms with Crippen LogP contribution in [0.15, 0.2) is 36.0 Å². The van der Waals surface area contributed by atoms with Crippen molar-refractivity contribution in [3.63, 3.8) is 0 Å². The standard InChI is InChI=1S/C18H25N3O2/c1-6-21(18(2,3)4)13-15(11-19)17(22)20-12-14-7-9-16(23-5)10-8-14/h7-10,13H,6,12H2,1-5H3,(H,20,22)/b15-13-. The van der Waals surface area contributed by atoms with E-state index >= 15 is 0 Å². The number of carbonyl (C=O) groups excluding carboxylic acids is 1. The molecular weight excluding hydrogens is 290 g/mol. The van der Waals surface area contributed by atoms with E-state index in [0.29, 0.717) is 6.54 Å². The summed E-state index contributed by atoms with van der Waals surface area (Å²) in [5.74, 6) is 0.396. The Kier molecular flexibility index (Phi) is 6.65. The fourth-order valence-electron chi connectivity index (χ4n) is 2.07. The molecule has 0 radical (unpaired) electrons. The number of methoxy groups -OCH3 is 1. The van der Waals surface area contributed by atoms with Crippen LogP contribution in [0.4, 0.5) is 0 Å². The van der Waals surface area contributed by atoms with Gasteiger partial charge in [-0.3, -0.25) is 4.79 Å². The zero-order valence-electron chi connectivity index (χ0n) is 14.5. The maximum Gasteiger partial charge on any atom is 0.263 e. The highest BCUT2D eigenvalue weighted by molar-refractivity contribution is 5.97. The third-order valence-corrected chi connectivity index (χ3v) is 3.46. The second kappa shape index (κ2) is 8.23. The monoisotopic (exact) mass is 315 g/mol. The van der Waals surface area contributed by atoms with E-state index in [1.807, 2.05) is 62.9 Å². The molecule has 1 aromatic rings. The molecule has 0 aliphatic rings. The summed E-state index contributed by atoms with van der Waals surface area (Å²) in [4.78, 5) is 14.2. The minimum atomic E-state index is -0.369. The first-order chi connectivity index (χ1) is 10.8. The predicted octanol–water partition coefficient (Wildman–Crippen LogP) is 2.84. The third-order valence-electron chi connectivity index (χ3n) is 3.46. The molecule has 0 saturated heterocycles. The second-order valence-electron chi connectivity index (χ2n) is 6.14. The number of amides is 1. The van der Waals surface area contributed by atoms with E-state index in [1.54, 1.807) is 13.3 Å². The molecule has 0 heterocycles. The van der Waals surface area contributed by atoms with Crippen LogP contribution in [-0.4, -0.2) is 30.0 Å². The summed E-state index contributed by atoms with van der Waals surface area (Å²) in [6.45, 7) is 9.20. The molecule has 0 bridgehead atoms. The lowest BCUT2D eigenvalue weighted by molar-refractivity contribution is -0.117. The maximum absolute atomic E-state index is 12.2. The van der Waals surface area contributed by atoms with E-state index in [4.69, 9.17) is 4.74 Å². The number of nitrogens with zero attached hydrogens (tertiary/aromatic N) is 2. The summed E-state index contributed by atoms with van der Waals surface area (Å²) < 4.78 is 5.09. The van der Waals surface area contributed by atoms with Crippen molar-refractivity contribution in [3.05, 3.63) is 41.6 Å². The zero-order chi connectivity index (χ0) is 17.5. The SMILES string of the molecule is CCN(/C=C(/C#N)C(=O)NCc1ccc(OC)cc1)C(C)(C)C. The van der Waals surface area contributed by atoms with Crippen molar-refractivity contribution in [1.29, 1.82) is 5.26 Å². The van der Waals surface area contributed by atoms with E-state index in [0.717, 1.165) is 17.9 Å². The highest BCUT2D eigenvalue weighted by Crippen LogP contribution is 2.15. The Balaban J connectivity index is 2.75. The number of nitriles is 1. The molecule has 0 atom stereocenters. The molecule has 5 nitrogen and oxygen atoms in total. The van der Waals surface area contributed by atoms with Crippen molar-refractivity contribution >= 4 is 5.91 Å². The first-order valence-electron chi connectivity index (χ1n) is 7.61. The molecule has 1 rings (SSSR count). The lowest BCUT2D eigenvalue weighted by Gasteiger charge is -2.33. The van der Waals surface area contributed by atoms with Gasteiger partial charge in [-0.15, -0.1) is 0 Å². The maximum atomic E-state index is 12.2. The molecule has 124 valence electrons. The molecule has 1 aromatic carbocycles. The van der Waals surface area contributed by atoms with Crippen LogP contribution in [0.1, 0.15) is 33.3 Å². The number of hydrogen-bond acceptors (Lipinski definition) is 4. The molecule has 1 amide bonds. The zero-order valence-corrected chi connectivity index (χ0v) is 14.5. The number of nitrogens with one attached hydrogen (secondary N) is 1. The second-order valence-corrected chi connectivity index (χ2v) is 6.14. The lowest BCUT2D eigenvalue weighted by atomic mass is 10.1. The number of hydrogen-bond donors (Lipinski definition) is 1. The van der Waals surface area contributed by atoms with Gasteiger partial charge in [0.1, 0.15) is 17.4 Å². The smallest absolute Gasteiger partial charge is 0.263 e. The minimum absolute atomic E-state index is 0.107. The Labute approximate surface area is 138 Å².